The van der Waals surface area contributed by atoms with Gasteiger partial charge in [-0.1, -0.05) is 19.1 Å². The third-order valence-corrected chi connectivity index (χ3v) is 5.22. The Morgan fingerprint density at radius 3 is 2.90 bits per heavy atom. The van der Waals surface area contributed by atoms with Gasteiger partial charge in [-0.2, -0.15) is 0 Å². The van der Waals surface area contributed by atoms with Gasteiger partial charge in [0, 0.05) is 18.3 Å². The van der Waals surface area contributed by atoms with Crippen LogP contribution in [0, 0.1) is 5.41 Å². The first kappa shape index (κ1) is 14.6. The Balaban J connectivity index is 1.62. The summed E-state index contributed by atoms with van der Waals surface area (Å²) < 4.78 is 5.53. The van der Waals surface area contributed by atoms with Crippen LogP contribution in [0.3, 0.4) is 0 Å². The second kappa shape index (κ2) is 6.18. The van der Waals surface area contributed by atoms with Crippen LogP contribution in [0.2, 0.25) is 0 Å². The average molecular weight is 287 g/mol. The van der Waals surface area contributed by atoms with E-state index in [1.807, 2.05) is 0 Å². The molecule has 3 rings (SSSR count). The molecule has 1 aromatic rings. The van der Waals surface area contributed by atoms with Crippen LogP contribution in [-0.4, -0.2) is 25.5 Å². The summed E-state index contributed by atoms with van der Waals surface area (Å²) in [6.07, 6.45) is 5.52. The van der Waals surface area contributed by atoms with E-state index in [9.17, 15) is 4.79 Å². The molecule has 1 N–H and O–H groups in total. The fourth-order valence-corrected chi connectivity index (χ4v) is 3.65. The van der Waals surface area contributed by atoms with Crippen molar-refractivity contribution in [3.63, 3.8) is 0 Å². The molecule has 2 aliphatic rings. The van der Waals surface area contributed by atoms with Gasteiger partial charge < -0.3 is 10.1 Å². The number of fused-ring (bicyclic) bond motifs is 1. The van der Waals surface area contributed by atoms with E-state index in [-0.39, 0.29) is 5.41 Å². The molecule has 0 radical (unpaired) electrons. The second-order valence-corrected chi connectivity index (χ2v) is 6.35. The van der Waals surface area contributed by atoms with Crippen molar-refractivity contribution in [1.82, 2.24) is 5.32 Å². The lowest BCUT2D eigenvalue weighted by atomic mass is 9.72. The summed E-state index contributed by atoms with van der Waals surface area (Å²) in [5.41, 5.74) is 2.50. The summed E-state index contributed by atoms with van der Waals surface area (Å²) in [4.78, 5) is 12.7. The van der Waals surface area contributed by atoms with Crippen molar-refractivity contribution in [2.75, 3.05) is 19.7 Å². The first-order chi connectivity index (χ1) is 10.2. The number of nitrogens with one attached hydrogen (secondary N) is 1. The number of hydrogen-bond acceptors (Lipinski definition) is 3. The third kappa shape index (κ3) is 2.98. The predicted molar refractivity (Wildman–Crippen MR) is 83.8 cm³/mol. The molecule has 2 heterocycles. The van der Waals surface area contributed by atoms with Gasteiger partial charge in [-0.25, -0.2) is 0 Å². The van der Waals surface area contributed by atoms with Crippen molar-refractivity contribution in [2.45, 2.75) is 45.4 Å². The van der Waals surface area contributed by atoms with E-state index in [1.54, 1.807) is 0 Å². The number of carbonyl (C=O) groups excluding carboxylic acids is 1. The first-order valence-corrected chi connectivity index (χ1v) is 8.22. The van der Waals surface area contributed by atoms with Gasteiger partial charge in [-0.3, -0.25) is 4.79 Å². The molecule has 0 aliphatic carbocycles. The number of ether oxygens (including phenoxy) is 1. The molecule has 0 bridgehead atoms. The van der Waals surface area contributed by atoms with Gasteiger partial charge in [0.2, 0.25) is 0 Å². The summed E-state index contributed by atoms with van der Waals surface area (Å²) >= 11 is 0. The molecule has 0 saturated carbocycles. The maximum absolute atomic E-state index is 12.7. The van der Waals surface area contributed by atoms with Gasteiger partial charge in [0.15, 0.2) is 0 Å². The molecule has 0 amide bonds. The zero-order valence-corrected chi connectivity index (χ0v) is 12.9. The minimum Gasteiger partial charge on any atom is -0.493 e. The third-order valence-electron chi connectivity index (χ3n) is 5.22. The molecule has 0 spiro atoms. The van der Waals surface area contributed by atoms with E-state index < -0.39 is 0 Å². The number of piperidine rings is 1. The molecule has 114 valence electrons. The number of benzene rings is 1. The van der Waals surface area contributed by atoms with Crippen LogP contribution in [0.4, 0.5) is 0 Å². The van der Waals surface area contributed by atoms with Crippen molar-refractivity contribution < 1.29 is 9.53 Å². The zero-order chi connectivity index (χ0) is 14.7. The highest BCUT2D eigenvalue weighted by molar-refractivity contribution is 5.85. The molecule has 2 aliphatic heterocycles. The fraction of sp³-hybridized carbons (Fsp3) is 0.611. The van der Waals surface area contributed by atoms with Gasteiger partial charge in [-0.15, -0.1) is 0 Å². The molecule has 0 aromatic heterocycles. The van der Waals surface area contributed by atoms with Gasteiger partial charge in [0.1, 0.15) is 11.5 Å². The second-order valence-electron chi connectivity index (χ2n) is 6.35. The first-order valence-electron chi connectivity index (χ1n) is 8.22. The molecular weight excluding hydrogens is 262 g/mol. The highest BCUT2D eigenvalue weighted by Crippen LogP contribution is 2.35. The van der Waals surface area contributed by atoms with Gasteiger partial charge in [-0.05, 0) is 56.0 Å². The number of carbonyl (C=O) groups is 1. The monoisotopic (exact) mass is 287 g/mol. The minimum atomic E-state index is -0.0644. The highest BCUT2D eigenvalue weighted by atomic mass is 16.5. The van der Waals surface area contributed by atoms with Crippen LogP contribution >= 0.6 is 0 Å². The van der Waals surface area contributed by atoms with Crippen molar-refractivity contribution in [1.29, 1.82) is 0 Å². The molecule has 3 heteroatoms. The Bertz CT molecular complexity index is 518. The minimum absolute atomic E-state index is 0.0644. The Hall–Kier alpha value is -1.35. The summed E-state index contributed by atoms with van der Waals surface area (Å²) in [5, 5.41) is 3.36. The maximum Gasteiger partial charge on any atom is 0.139 e. The summed E-state index contributed by atoms with van der Waals surface area (Å²) in [7, 11) is 0. The zero-order valence-electron chi connectivity index (χ0n) is 12.9. The molecule has 1 aromatic carbocycles. The van der Waals surface area contributed by atoms with E-state index in [2.05, 4.69) is 30.4 Å². The van der Waals surface area contributed by atoms with Crippen molar-refractivity contribution >= 4 is 5.78 Å². The summed E-state index contributed by atoms with van der Waals surface area (Å²) in [6, 6.07) is 6.39. The van der Waals surface area contributed by atoms with E-state index in [4.69, 9.17) is 4.74 Å². The Kier molecular flexibility index (Phi) is 4.29. The van der Waals surface area contributed by atoms with Gasteiger partial charge in [0.05, 0.1) is 6.61 Å². The molecule has 3 nitrogen and oxygen atoms in total. The van der Waals surface area contributed by atoms with E-state index in [0.29, 0.717) is 12.2 Å². The number of aryl methyl sites for hydroxylation is 1. The lowest BCUT2D eigenvalue weighted by molar-refractivity contribution is -0.130. The SMILES string of the molecule is CCC1(C(=O)CCc2ccc3c(c2)CCO3)CCNCC1. The molecule has 0 unspecified atom stereocenters. The van der Waals surface area contributed by atoms with Crippen LogP contribution in [0.15, 0.2) is 18.2 Å². The van der Waals surface area contributed by atoms with E-state index in [1.165, 1.54) is 11.1 Å². The Morgan fingerprint density at radius 1 is 1.33 bits per heavy atom. The quantitative estimate of drug-likeness (QED) is 0.905. The standard InChI is InChI=1S/C18H25NO2/c1-2-18(8-10-19-11-9-18)17(20)6-4-14-3-5-16-15(13-14)7-12-21-16/h3,5,13,19H,2,4,6-12H2,1H3. The molecule has 1 fully saturated rings. The molecule has 21 heavy (non-hydrogen) atoms. The number of hydrogen-bond donors (Lipinski definition) is 1. The van der Waals surface area contributed by atoms with Crippen molar-refractivity contribution in [3.8, 4) is 5.75 Å². The number of Topliss-reactive ketones (excluding diaryl/α,β-unsaturated/α-hetero) is 1. The Labute approximate surface area is 127 Å². The van der Waals surface area contributed by atoms with Crippen LogP contribution in [0.5, 0.6) is 5.75 Å². The van der Waals surface area contributed by atoms with Crippen molar-refractivity contribution in [3.05, 3.63) is 29.3 Å². The topological polar surface area (TPSA) is 38.3 Å². The molecule has 1 saturated heterocycles. The van der Waals surface area contributed by atoms with Crippen LogP contribution in [-0.2, 0) is 17.6 Å². The van der Waals surface area contributed by atoms with Crippen LogP contribution in [0.1, 0.15) is 43.7 Å². The van der Waals surface area contributed by atoms with E-state index in [0.717, 1.165) is 57.6 Å². The highest BCUT2D eigenvalue weighted by Gasteiger charge is 2.36. The number of rotatable bonds is 5. The summed E-state index contributed by atoms with van der Waals surface area (Å²) in [6.45, 7) is 4.92. The lowest BCUT2D eigenvalue weighted by Crippen LogP contribution is -2.41. The van der Waals surface area contributed by atoms with Crippen LogP contribution in [0.25, 0.3) is 0 Å². The van der Waals surface area contributed by atoms with E-state index >= 15 is 0 Å². The number of ketones is 1. The summed E-state index contributed by atoms with van der Waals surface area (Å²) in [5.74, 6) is 1.48. The van der Waals surface area contributed by atoms with Crippen LogP contribution < -0.4 is 10.1 Å². The van der Waals surface area contributed by atoms with Crippen molar-refractivity contribution in [2.24, 2.45) is 5.41 Å². The predicted octanol–water partition coefficient (Wildman–Crippen LogP) is 2.90. The average Bonchev–Trinajstić information content (AvgIpc) is 3.00. The van der Waals surface area contributed by atoms with Gasteiger partial charge >= 0.3 is 0 Å². The maximum atomic E-state index is 12.7. The normalized spacial score (nSPS) is 19.9. The Morgan fingerprint density at radius 2 is 2.14 bits per heavy atom. The van der Waals surface area contributed by atoms with Gasteiger partial charge in [0.25, 0.3) is 0 Å². The lowest BCUT2D eigenvalue weighted by Gasteiger charge is -2.35. The smallest absolute Gasteiger partial charge is 0.139 e. The molecule has 0 atom stereocenters. The molecular formula is C18H25NO2. The fourth-order valence-electron chi connectivity index (χ4n) is 3.65. The largest absolute Gasteiger partial charge is 0.493 e.